The summed E-state index contributed by atoms with van der Waals surface area (Å²) in [6.07, 6.45) is 0.444. The summed E-state index contributed by atoms with van der Waals surface area (Å²) in [6.45, 7) is 1.00. The van der Waals surface area contributed by atoms with Crippen molar-refractivity contribution in [2.24, 2.45) is 0 Å². The Balaban J connectivity index is 2.31. The Morgan fingerprint density at radius 1 is 1.44 bits per heavy atom. The molecular formula is C12H16N2O2. The van der Waals surface area contributed by atoms with Crippen LogP contribution in [0.5, 0.6) is 0 Å². The van der Waals surface area contributed by atoms with Crippen LogP contribution in [0.2, 0.25) is 0 Å². The summed E-state index contributed by atoms with van der Waals surface area (Å²) >= 11 is 0. The van der Waals surface area contributed by atoms with Gasteiger partial charge in [0.2, 0.25) is 5.91 Å². The molecular weight excluding hydrogens is 204 g/mol. The molecule has 1 heterocycles. The molecule has 1 aromatic rings. The van der Waals surface area contributed by atoms with Gasteiger partial charge in [-0.25, -0.2) is 0 Å². The molecule has 0 aromatic heterocycles. The van der Waals surface area contributed by atoms with E-state index >= 15 is 0 Å². The van der Waals surface area contributed by atoms with Crippen molar-refractivity contribution in [2.75, 3.05) is 26.0 Å². The molecule has 4 heteroatoms. The number of nitrogen functional groups attached to an aromatic ring is 1. The van der Waals surface area contributed by atoms with E-state index in [0.29, 0.717) is 25.3 Å². The first kappa shape index (κ1) is 11.0. The monoisotopic (exact) mass is 220 g/mol. The van der Waals surface area contributed by atoms with Crippen molar-refractivity contribution in [3.8, 4) is 0 Å². The normalized spacial score (nSPS) is 21.9. The number of hydrogen-bond donors (Lipinski definition) is 1. The van der Waals surface area contributed by atoms with E-state index in [9.17, 15) is 4.79 Å². The number of ether oxygens (including phenoxy) is 1. The van der Waals surface area contributed by atoms with Gasteiger partial charge in [0.1, 0.15) is 0 Å². The first-order valence-electron chi connectivity index (χ1n) is 5.38. The third kappa shape index (κ3) is 2.02. The van der Waals surface area contributed by atoms with E-state index in [4.69, 9.17) is 10.5 Å². The number of likely N-dealkylation sites (N-methyl/N-ethyl adjacent to an activating group) is 1. The van der Waals surface area contributed by atoms with Gasteiger partial charge >= 0.3 is 0 Å². The average Bonchev–Trinajstić information content (AvgIpc) is 2.44. The molecule has 4 nitrogen and oxygen atoms in total. The maximum atomic E-state index is 11.7. The number of anilines is 1. The predicted octanol–water partition coefficient (Wildman–Crippen LogP) is 1.19. The van der Waals surface area contributed by atoms with Crippen molar-refractivity contribution in [1.29, 1.82) is 0 Å². The Kier molecular flexibility index (Phi) is 3.10. The lowest BCUT2D eigenvalue weighted by Crippen LogP contribution is -2.31. The Bertz CT molecular complexity index is 392. The molecule has 0 bridgehead atoms. The molecule has 2 N–H and O–H groups in total. The maximum absolute atomic E-state index is 11.7. The number of hydrogen-bond acceptors (Lipinski definition) is 3. The van der Waals surface area contributed by atoms with Gasteiger partial charge in [-0.2, -0.15) is 0 Å². The molecule has 1 aliphatic rings. The van der Waals surface area contributed by atoms with Crippen molar-refractivity contribution in [2.45, 2.75) is 12.5 Å². The standard InChI is InChI=1S/C12H16N2O2/c1-14-11(8-16-7-6-12(14)15)9-4-2-3-5-10(9)13/h2-5,11H,6-8,13H2,1H3. The second-order valence-corrected chi connectivity index (χ2v) is 3.97. The van der Waals surface area contributed by atoms with E-state index in [0.717, 1.165) is 5.56 Å². The van der Waals surface area contributed by atoms with Gasteiger partial charge in [0, 0.05) is 12.7 Å². The summed E-state index contributed by atoms with van der Waals surface area (Å²) < 4.78 is 5.44. The fourth-order valence-corrected chi connectivity index (χ4v) is 1.93. The minimum atomic E-state index is -0.0730. The highest BCUT2D eigenvalue weighted by atomic mass is 16.5. The second-order valence-electron chi connectivity index (χ2n) is 3.97. The van der Waals surface area contributed by atoms with Gasteiger partial charge < -0.3 is 15.4 Å². The number of para-hydroxylation sites is 1. The minimum absolute atomic E-state index is 0.0730. The third-order valence-electron chi connectivity index (χ3n) is 2.95. The molecule has 1 aliphatic heterocycles. The molecule has 1 unspecified atom stereocenters. The molecule has 1 amide bonds. The number of carbonyl (C=O) groups is 1. The molecule has 0 radical (unpaired) electrons. The van der Waals surface area contributed by atoms with E-state index < -0.39 is 0 Å². The Morgan fingerprint density at radius 3 is 2.94 bits per heavy atom. The Labute approximate surface area is 95.0 Å². The highest BCUT2D eigenvalue weighted by Crippen LogP contribution is 2.27. The summed E-state index contributed by atoms with van der Waals surface area (Å²) in [5.41, 5.74) is 7.58. The molecule has 0 aliphatic carbocycles. The highest BCUT2D eigenvalue weighted by Gasteiger charge is 2.25. The molecule has 1 fully saturated rings. The maximum Gasteiger partial charge on any atom is 0.225 e. The van der Waals surface area contributed by atoms with Gasteiger partial charge in [-0.1, -0.05) is 18.2 Å². The molecule has 1 aromatic carbocycles. The molecule has 0 spiro atoms. The molecule has 1 saturated heterocycles. The van der Waals surface area contributed by atoms with Crippen LogP contribution in [0.25, 0.3) is 0 Å². The zero-order valence-corrected chi connectivity index (χ0v) is 9.35. The third-order valence-corrected chi connectivity index (χ3v) is 2.95. The van der Waals surface area contributed by atoms with Crippen LogP contribution >= 0.6 is 0 Å². The first-order chi connectivity index (χ1) is 7.70. The van der Waals surface area contributed by atoms with E-state index in [1.54, 1.807) is 11.9 Å². The largest absolute Gasteiger partial charge is 0.398 e. The summed E-state index contributed by atoms with van der Waals surface area (Å²) in [5, 5.41) is 0. The quantitative estimate of drug-likeness (QED) is 0.723. The lowest BCUT2D eigenvalue weighted by Gasteiger charge is -2.26. The Morgan fingerprint density at radius 2 is 2.19 bits per heavy atom. The van der Waals surface area contributed by atoms with Crippen LogP contribution in [0.15, 0.2) is 24.3 Å². The summed E-state index contributed by atoms with van der Waals surface area (Å²) in [5.74, 6) is 0.103. The fourth-order valence-electron chi connectivity index (χ4n) is 1.93. The minimum Gasteiger partial charge on any atom is -0.398 e. The number of carbonyl (C=O) groups excluding carboxylic acids is 1. The van der Waals surface area contributed by atoms with Crippen LogP contribution in [-0.2, 0) is 9.53 Å². The second kappa shape index (κ2) is 4.53. The van der Waals surface area contributed by atoms with E-state index in [1.165, 1.54) is 0 Å². The van der Waals surface area contributed by atoms with Crippen molar-refractivity contribution in [1.82, 2.24) is 4.90 Å². The summed E-state index contributed by atoms with van der Waals surface area (Å²) in [7, 11) is 1.80. The molecule has 1 atom stereocenters. The van der Waals surface area contributed by atoms with Crippen LogP contribution in [0.1, 0.15) is 18.0 Å². The SMILES string of the molecule is CN1C(=O)CCOCC1c1ccccc1N. The van der Waals surface area contributed by atoms with Crippen molar-refractivity contribution in [3.05, 3.63) is 29.8 Å². The fraction of sp³-hybridized carbons (Fsp3) is 0.417. The van der Waals surface area contributed by atoms with Gasteiger partial charge in [-0.15, -0.1) is 0 Å². The van der Waals surface area contributed by atoms with Gasteiger partial charge in [-0.05, 0) is 11.6 Å². The van der Waals surface area contributed by atoms with Crippen LogP contribution in [0.3, 0.4) is 0 Å². The van der Waals surface area contributed by atoms with E-state index in [2.05, 4.69) is 0 Å². The lowest BCUT2D eigenvalue weighted by molar-refractivity contribution is -0.131. The Hall–Kier alpha value is -1.55. The first-order valence-corrected chi connectivity index (χ1v) is 5.38. The lowest BCUT2D eigenvalue weighted by atomic mass is 10.0. The topological polar surface area (TPSA) is 55.6 Å². The van der Waals surface area contributed by atoms with Crippen molar-refractivity contribution < 1.29 is 9.53 Å². The number of nitrogens with two attached hydrogens (primary N) is 1. The van der Waals surface area contributed by atoms with Gasteiger partial charge in [0.05, 0.1) is 25.7 Å². The number of benzene rings is 1. The van der Waals surface area contributed by atoms with Crippen LogP contribution in [0, 0.1) is 0 Å². The zero-order chi connectivity index (χ0) is 11.5. The zero-order valence-electron chi connectivity index (χ0n) is 9.35. The van der Waals surface area contributed by atoms with E-state index in [1.807, 2.05) is 24.3 Å². The molecule has 0 saturated carbocycles. The number of amides is 1. The highest BCUT2D eigenvalue weighted by molar-refractivity contribution is 5.77. The van der Waals surface area contributed by atoms with Crippen molar-refractivity contribution in [3.63, 3.8) is 0 Å². The van der Waals surface area contributed by atoms with Crippen LogP contribution in [0.4, 0.5) is 5.69 Å². The smallest absolute Gasteiger partial charge is 0.225 e. The molecule has 16 heavy (non-hydrogen) atoms. The van der Waals surface area contributed by atoms with E-state index in [-0.39, 0.29) is 11.9 Å². The van der Waals surface area contributed by atoms with Crippen molar-refractivity contribution >= 4 is 11.6 Å². The van der Waals surface area contributed by atoms with Crippen LogP contribution in [-0.4, -0.2) is 31.1 Å². The number of rotatable bonds is 1. The van der Waals surface area contributed by atoms with Crippen LogP contribution < -0.4 is 5.73 Å². The molecule has 2 rings (SSSR count). The summed E-state index contributed by atoms with van der Waals surface area (Å²) in [4.78, 5) is 13.4. The average molecular weight is 220 g/mol. The summed E-state index contributed by atoms with van der Waals surface area (Å²) in [6, 6.07) is 7.53. The predicted molar refractivity (Wildman–Crippen MR) is 61.8 cm³/mol. The van der Waals surface area contributed by atoms with Gasteiger partial charge in [0.15, 0.2) is 0 Å². The molecule has 86 valence electrons. The van der Waals surface area contributed by atoms with Gasteiger partial charge in [0.25, 0.3) is 0 Å². The van der Waals surface area contributed by atoms with Gasteiger partial charge in [-0.3, -0.25) is 4.79 Å². The number of nitrogens with zero attached hydrogens (tertiary/aromatic N) is 1.